The number of fused-ring (bicyclic) bond motifs is 1. The van der Waals surface area contributed by atoms with Crippen LogP contribution >= 0.6 is 0 Å². The standard InChI is InChI=1S/C23H25NO5/c1-3-24(4-2)23(26)22(18-8-6-5-7-9-18)29-21(25)13-11-17-10-12-19-20(16-17)28-15-14-27-19/h5-13,16,22H,3-4,14-15H2,1-2H3/b13-11+/t22-/m0/s1. The minimum atomic E-state index is -0.978. The van der Waals surface area contributed by atoms with Gasteiger partial charge in [-0.15, -0.1) is 0 Å². The molecule has 2 aromatic rings. The van der Waals surface area contributed by atoms with Crippen molar-refractivity contribution in [1.29, 1.82) is 0 Å². The fourth-order valence-corrected chi connectivity index (χ4v) is 3.07. The van der Waals surface area contributed by atoms with Crippen molar-refractivity contribution < 1.29 is 23.8 Å². The molecule has 1 aliphatic rings. The lowest BCUT2D eigenvalue weighted by atomic mass is 10.1. The van der Waals surface area contributed by atoms with Crippen molar-refractivity contribution in [2.75, 3.05) is 26.3 Å². The summed E-state index contributed by atoms with van der Waals surface area (Å²) < 4.78 is 16.6. The predicted molar refractivity (Wildman–Crippen MR) is 110 cm³/mol. The Morgan fingerprint density at radius 3 is 2.41 bits per heavy atom. The molecule has 3 rings (SSSR count). The van der Waals surface area contributed by atoms with Gasteiger partial charge in [-0.2, -0.15) is 0 Å². The van der Waals surface area contributed by atoms with Crippen molar-refractivity contribution >= 4 is 18.0 Å². The molecule has 0 fully saturated rings. The third-order valence-electron chi connectivity index (χ3n) is 4.61. The summed E-state index contributed by atoms with van der Waals surface area (Å²) in [5.74, 6) is 0.507. The smallest absolute Gasteiger partial charge is 0.331 e. The first-order valence-corrected chi connectivity index (χ1v) is 9.74. The van der Waals surface area contributed by atoms with Gasteiger partial charge < -0.3 is 19.1 Å². The zero-order valence-corrected chi connectivity index (χ0v) is 16.7. The van der Waals surface area contributed by atoms with Crippen LogP contribution in [0, 0.1) is 0 Å². The SMILES string of the molecule is CCN(CC)C(=O)[C@@H](OC(=O)/C=C/c1ccc2c(c1)OCCO2)c1ccccc1. The molecule has 0 radical (unpaired) electrons. The van der Waals surface area contributed by atoms with E-state index < -0.39 is 12.1 Å². The summed E-state index contributed by atoms with van der Waals surface area (Å²) in [7, 11) is 0. The molecule has 1 heterocycles. The number of hydrogen-bond donors (Lipinski definition) is 0. The molecule has 0 aromatic heterocycles. The molecule has 1 aliphatic heterocycles. The molecule has 0 unspecified atom stereocenters. The monoisotopic (exact) mass is 395 g/mol. The van der Waals surface area contributed by atoms with Gasteiger partial charge in [-0.05, 0) is 37.6 Å². The molecule has 152 valence electrons. The van der Waals surface area contributed by atoms with Crippen LogP contribution in [0.3, 0.4) is 0 Å². The number of carbonyl (C=O) groups is 2. The Morgan fingerprint density at radius 2 is 1.72 bits per heavy atom. The number of carbonyl (C=O) groups excluding carboxylic acids is 2. The van der Waals surface area contributed by atoms with Crippen molar-refractivity contribution in [1.82, 2.24) is 4.90 Å². The van der Waals surface area contributed by atoms with Crippen LogP contribution in [0.15, 0.2) is 54.6 Å². The van der Waals surface area contributed by atoms with E-state index in [9.17, 15) is 9.59 Å². The molecule has 0 aliphatic carbocycles. The molecule has 1 atom stereocenters. The number of likely N-dealkylation sites (N-methyl/N-ethyl adjacent to an activating group) is 1. The van der Waals surface area contributed by atoms with E-state index in [1.165, 1.54) is 6.08 Å². The van der Waals surface area contributed by atoms with E-state index in [0.717, 1.165) is 5.56 Å². The van der Waals surface area contributed by atoms with Crippen LogP contribution < -0.4 is 9.47 Å². The quantitative estimate of drug-likeness (QED) is 0.529. The third kappa shape index (κ3) is 5.16. The van der Waals surface area contributed by atoms with E-state index in [4.69, 9.17) is 14.2 Å². The van der Waals surface area contributed by atoms with Gasteiger partial charge in [-0.1, -0.05) is 36.4 Å². The van der Waals surface area contributed by atoms with Gasteiger partial charge in [-0.25, -0.2) is 4.79 Å². The maximum atomic E-state index is 12.9. The molecule has 0 N–H and O–H groups in total. The van der Waals surface area contributed by atoms with E-state index in [1.807, 2.05) is 38.1 Å². The first-order chi connectivity index (χ1) is 14.1. The summed E-state index contributed by atoms with van der Waals surface area (Å²) in [6, 6.07) is 14.5. The summed E-state index contributed by atoms with van der Waals surface area (Å²) in [5, 5.41) is 0. The van der Waals surface area contributed by atoms with Gasteiger partial charge in [0.1, 0.15) is 13.2 Å². The highest BCUT2D eigenvalue weighted by molar-refractivity contribution is 5.91. The van der Waals surface area contributed by atoms with Crippen LogP contribution in [-0.2, 0) is 14.3 Å². The number of nitrogens with zero attached hydrogens (tertiary/aromatic N) is 1. The van der Waals surface area contributed by atoms with E-state index in [1.54, 1.807) is 35.2 Å². The van der Waals surface area contributed by atoms with Crippen LogP contribution in [0.1, 0.15) is 31.1 Å². The lowest BCUT2D eigenvalue weighted by molar-refractivity contribution is -0.157. The average Bonchev–Trinajstić information content (AvgIpc) is 2.77. The maximum Gasteiger partial charge on any atom is 0.331 e. The number of rotatable bonds is 7. The van der Waals surface area contributed by atoms with Gasteiger partial charge in [0.05, 0.1) is 0 Å². The van der Waals surface area contributed by atoms with E-state index in [-0.39, 0.29) is 5.91 Å². The Balaban J connectivity index is 1.74. The fraction of sp³-hybridized carbons (Fsp3) is 0.304. The highest BCUT2D eigenvalue weighted by Crippen LogP contribution is 2.31. The topological polar surface area (TPSA) is 65.1 Å². The Morgan fingerprint density at radius 1 is 1.03 bits per heavy atom. The molecule has 1 amide bonds. The molecule has 0 bridgehead atoms. The molecule has 6 nitrogen and oxygen atoms in total. The zero-order valence-electron chi connectivity index (χ0n) is 16.7. The predicted octanol–water partition coefficient (Wildman–Crippen LogP) is 3.62. The molecule has 0 saturated heterocycles. The van der Waals surface area contributed by atoms with Crippen LogP contribution in [-0.4, -0.2) is 43.1 Å². The number of benzene rings is 2. The second kappa shape index (κ2) is 9.78. The van der Waals surface area contributed by atoms with Crippen LogP contribution in [0.25, 0.3) is 6.08 Å². The van der Waals surface area contributed by atoms with Gasteiger partial charge in [0.2, 0.25) is 6.10 Å². The van der Waals surface area contributed by atoms with Crippen molar-refractivity contribution in [3.8, 4) is 11.5 Å². The third-order valence-corrected chi connectivity index (χ3v) is 4.61. The van der Waals surface area contributed by atoms with Crippen LogP contribution in [0.4, 0.5) is 0 Å². The van der Waals surface area contributed by atoms with Gasteiger partial charge in [0.15, 0.2) is 11.5 Å². The number of ether oxygens (including phenoxy) is 3. The maximum absolute atomic E-state index is 12.9. The summed E-state index contributed by atoms with van der Waals surface area (Å²) in [4.78, 5) is 27.0. The summed E-state index contributed by atoms with van der Waals surface area (Å²) >= 11 is 0. The van der Waals surface area contributed by atoms with E-state index in [0.29, 0.717) is 43.4 Å². The Hall–Kier alpha value is -3.28. The van der Waals surface area contributed by atoms with Gasteiger partial charge in [-0.3, -0.25) is 4.79 Å². The average molecular weight is 395 g/mol. The van der Waals surface area contributed by atoms with Crippen molar-refractivity contribution in [2.24, 2.45) is 0 Å². The molecule has 0 spiro atoms. The largest absolute Gasteiger partial charge is 0.486 e. The number of amides is 1. The van der Waals surface area contributed by atoms with E-state index >= 15 is 0 Å². The van der Waals surface area contributed by atoms with Crippen LogP contribution in [0.2, 0.25) is 0 Å². The summed E-state index contributed by atoms with van der Waals surface area (Å²) in [6.45, 7) is 5.90. The Labute approximate surface area is 170 Å². The van der Waals surface area contributed by atoms with Crippen molar-refractivity contribution in [2.45, 2.75) is 20.0 Å². The molecule has 2 aromatic carbocycles. The van der Waals surface area contributed by atoms with Crippen LogP contribution in [0.5, 0.6) is 11.5 Å². The summed E-state index contributed by atoms with van der Waals surface area (Å²) in [5.41, 5.74) is 1.42. The molecular formula is C23H25NO5. The van der Waals surface area contributed by atoms with E-state index in [2.05, 4.69) is 0 Å². The second-order valence-electron chi connectivity index (χ2n) is 6.47. The highest BCUT2D eigenvalue weighted by Gasteiger charge is 2.27. The lowest BCUT2D eigenvalue weighted by Crippen LogP contribution is -2.36. The van der Waals surface area contributed by atoms with Crippen molar-refractivity contribution in [3.63, 3.8) is 0 Å². The molecular weight excluding hydrogens is 370 g/mol. The molecule has 6 heteroatoms. The normalized spacial score (nSPS) is 13.7. The minimum Gasteiger partial charge on any atom is -0.486 e. The van der Waals surface area contributed by atoms with Crippen molar-refractivity contribution in [3.05, 3.63) is 65.7 Å². The molecule has 29 heavy (non-hydrogen) atoms. The van der Waals surface area contributed by atoms with Gasteiger partial charge in [0, 0.05) is 24.7 Å². The second-order valence-corrected chi connectivity index (χ2v) is 6.47. The van der Waals surface area contributed by atoms with Gasteiger partial charge in [0.25, 0.3) is 5.91 Å². The lowest BCUT2D eigenvalue weighted by Gasteiger charge is -2.25. The summed E-state index contributed by atoms with van der Waals surface area (Å²) in [6.07, 6.45) is 1.97. The number of esters is 1. The number of hydrogen-bond acceptors (Lipinski definition) is 5. The molecule has 0 saturated carbocycles. The Bertz CT molecular complexity index is 874. The fourth-order valence-electron chi connectivity index (χ4n) is 3.07. The first kappa shape index (κ1) is 20.5. The zero-order chi connectivity index (χ0) is 20.6. The Kier molecular flexibility index (Phi) is 6.89. The highest BCUT2D eigenvalue weighted by atomic mass is 16.6. The first-order valence-electron chi connectivity index (χ1n) is 9.74. The van der Waals surface area contributed by atoms with Gasteiger partial charge >= 0.3 is 5.97 Å². The minimum absolute atomic E-state index is 0.234.